The molecule has 1 aromatic carbocycles. The van der Waals surface area contributed by atoms with Gasteiger partial charge in [0, 0.05) is 18.2 Å². The molecule has 1 aliphatic rings. The van der Waals surface area contributed by atoms with Gasteiger partial charge in [0.25, 0.3) is 0 Å². The van der Waals surface area contributed by atoms with E-state index in [0.717, 1.165) is 31.7 Å². The molecule has 1 fully saturated rings. The smallest absolute Gasteiger partial charge is 0.120 e. The number of aromatic hydroxyl groups is 2. The van der Waals surface area contributed by atoms with Gasteiger partial charge in [-0.1, -0.05) is 6.92 Å². The molecule has 20 heavy (non-hydrogen) atoms. The lowest BCUT2D eigenvalue weighted by atomic mass is 9.97. The zero-order chi connectivity index (χ0) is 14.5. The minimum absolute atomic E-state index is 0.106. The Morgan fingerprint density at radius 1 is 1.40 bits per heavy atom. The molecule has 112 valence electrons. The highest BCUT2D eigenvalue weighted by molar-refractivity contribution is 5.40. The van der Waals surface area contributed by atoms with Crippen LogP contribution in [-0.2, 0) is 0 Å². The summed E-state index contributed by atoms with van der Waals surface area (Å²) < 4.78 is 0. The van der Waals surface area contributed by atoms with Gasteiger partial charge in [-0.15, -0.1) is 0 Å². The number of nitrogens with zero attached hydrogens (tertiary/aromatic N) is 1. The molecule has 1 heterocycles. The standard InChI is InChI=1S/C16H26N2O2/c1-3-18(11-13-5-4-8-17-10-13)12(2)15-9-14(19)6-7-16(15)20/h6-7,9,12-13,17,19-20H,3-5,8,10-11H2,1-2H3. The van der Waals surface area contributed by atoms with Gasteiger partial charge in [0.2, 0.25) is 0 Å². The Kier molecular flexibility index (Phi) is 5.26. The molecule has 3 N–H and O–H groups in total. The number of nitrogens with one attached hydrogen (secondary N) is 1. The van der Waals surface area contributed by atoms with Crippen molar-refractivity contribution in [3.8, 4) is 11.5 Å². The first-order valence-electron chi connectivity index (χ1n) is 7.58. The van der Waals surface area contributed by atoms with E-state index in [1.54, 1.807) is 12.1 Å². The van der Waals surface area contributed by atoms with Crippen LogP contribution in [0.15, 0.2) is 18.2 Å². The fourth-order valence-electron chi connectivity index (χ4n) is 3.05. The van der Waals surface area contributed by atoms with Crippen molar-refractivity contribution in [2.24, 2.45) is 5.92 Å². The van der Waals surface area contributed by atoms with Crippen LogP contribution in [0, 0.1) is 5.92 Å². The highest BCUT2D eigenvalue weighted by Crippen LogP contribution is 2.32. The molecular weight excluding hydrogens is 252 g/mol. The normalized spacial score (nSPS) is 21.1. The van der Waals surface area contributed by atoms with Crippen molar-refractivity contribution in [3.63, 3.8) is 0 Å². The molecule has 2 atom stereocenters. The molecule has 0 amide bonds. The van der Waals surface area contributed by atoms with Crippen molar-refractivity contribution >= 4 is 0 Å². The van der Waals surface area contributed by atoms with Crippen molar-refractivity contribution in [2.45, 2.75) is 32.7 Å². The molecule has 0 saturated carbocycles. The summed E-state index contributed by atoms with van der Waals surface area (Å²) in [6, 6.07) is 4.86. The summed E-state index contributed by atoms with van der Waals surface area (Å²) in [6.07, 6.45) is 2.51. The van der Waals surface area contributed by atoms with Gasteiger partial charge >= 0.3 is 0 Å². The van der Waals surface area contributed by atoms with Gasteiger partial charge in [-0.25, -0.2) is 0 Å². The van der Waals surface area contributed by atoms with Gasteiger partial charge in [0.05, 0.1) is 0 Å². The maximum atomic E-state index is 10.0. The van der Waals surface area contributed by atoms with Crippen LogP contribution in [0.25, 0.3) is 0 Å². The number of phenols is 2. The van der Waals surface area contributed by atoms with Crippen molar-refractivity contribution in [1.29, 1.82) is 0 Å². The highest BCUT2D eigenvalue weighted by Gasteiger charge is 2.22. The average molecular weight is 278 g/mol. The van der Waals surface area contributed by atoms with Crippen LogP contribution in [-0.4, -0.2) is 41.3 Å². The predicted molar refractivity (Wildman–Crippen MR) is 81.0 cm³/mol. The fraction of sp³-hybridized carbons (Fsp3) is 0.625. The maximum absolute atomic E-state index is 10.0. The van der Waals surface area contributed by atoms with E-state index in [1.165, 1.54) is 18.9 Å². The van der Waals surface area contributed by atoms with E-state index in [1.807, 2.05) is 0 Å². The monoisotopic (exact) mass is 278 g/mol. The number of hydrogen-bond acceptors (Lipinski definition) is 4. The SMILES string of the molecule is CCN(CC1CCCNC1)C(C)c1cc(O)ccc1O. The van der Waals surface area contributed by atoms with E-state index in [-0.39, 0.29) is 17.5 Å². The van der Waals surface area contributed by atoms with Crippen LogP contribution in [0.1, 0.15) is 38.3 Å². The second-order valence-corrected chi connectivity index (χ2v) is 5.72. The molecule has 0 spiro atoms. The molecule has 1 aliphatic heterocycles. The van der Waals surface area contributed by atoms with Gasteiger partial charge in [0.15, 0.2) is 0 Å². The van der Waals surface area contributed by atoms with Crippen LogP contribution < -0.4 is 5.32 Å². The summed E-state index contributed by atoms with van der Waals surface area (Å²) in [6.45, 7) is 8.41. The molecule has 4 nitrogen and oxygen atoms in total. The predicted octanol–water partition coefficient (Wildman–Crippen LogP) is 2.48. The van der Waals surface area contributed by atoms with Crippen LogP contribution in [0.2, 0.25) is 0 Å². The molecule has 0 aromatic heterocycles. The van der Waals surface area contributed by atoms with Crippen LogP contribution in [0.4, 0.5) is 0 Å². The number of rotatable bonds is 5. The van der Waals surface area contributed by atoms with Crippen LogP contribution in [0.3, 0.4) is 0 Å². The number of hydrogen-bond donors (Lipinski definition) is 3. The first-order valence-corrected chi connectivity index (χ1v) is 7.58. The first-order chi connectivity index (χ1) is 9.61. The largest absolute Gasteiger partial charge is 0.508 e. The molecular formula is C16H26N2O2. The van der Waals surface area contributed by atoms with E-state index in [9.17, 15) is 10.2 Å². The Bertz CT molecular complexity index is 430. The second-order valence-electron chi connectivity index (χ2n) is 5.72. The van der Waals surface area contributed by atoms with Crippen molar-refractivity contribution in [1.82, 2.24) is 10.2 Å². The highest BCUT2D eigenvalue weighted by atomic mass is 16.3. The maximum Gasteiger partial charge on any atom is 0.120 e. The molecule has 0 radical (unpaired) electrons. The zero-order valence-electron chi connectivity index (χ0n) is 12.5. The number of benzene rings is 1. The third kappa shape index (κ3) is 3.64. The number of phenolic OH excluding ortho intramolecular Hbond substituents is 2. The molecule has 4 heteroatoms. The van der Waals surface area contributed by atoms with E-state index in [0.29, 0.717) is 5.92 Å². The molecule has 2 unspecified atom stereocenters. The van der Waals surface area contributed by atoms with Gasteiger partial charge in [-0.05, 0) is 63.5 Å². The Labute approximate surface area is 121 Å². The van der Waals surface area contributed by atoms with E-state index < -0.39 is 0 Å². The average Bonchev–Trinajstić information content (AvgIpc) is 2.47. The Morgan fingerprint density at radius 2 is 2.20 bits per heavy atom. The third-order valence-electron chi connectivity index (χ3n) is 4.31. The third-order valence-corrected chi connectivity index (χ3v) is 4.31. The summed E-state index contributed by atoms with van der Waals surface area (Å²) in [7, 11) is 0. The lowest BCUT2D eigenvalue weighted by molar-refractivity contribution is 0.168. The lowest BCUT2D eigenvalue weighted by Gasteiger charge is -2.33. The van der Waals surface area contributed by atoms with Gasteiger partial charge in [-0.2, -0.15) is 0 Å². The summed E-state index contributed by atoms with van der Waals surface area (Å²) in [5, 5.41) is 23.1. The van der Waals surface area contributed by atoms with Gasteiger partial charge in [-0.3, -0.25) is 4.90 Å². The summed E-state index contributed by atoms with van der Waals surface area (Å²) >= 11 is 0. The van der Waals surface area contributed by atoms with Crippen LogP contribution in [0.5, 0.6) is 11.5 Å². The molecule has 0 aliphatic carbocycles. The summed E-state index contributed by atoms with van der Waals surface area (Å²) in [5.41, 5.74) is 0.801. The van der Waals surface area contributed by atoms with E-state index >= 15 is 0 Å². The lowest BCUT2D eigenvalue weighted by Crippen LogP contribution is -2.39. The van der Waals surface area contributed by atoms with E-state index in [2.05, 4.69) is 24.1 Å². The quantitative estimate of drug-likeness (QED) is 0.724. The first kappa shape index (κ1) is 15.1. The van der Waals surface area contributed by atoms with Crippen molar-refractivity contribution < 1.29 is 10.2 Å². The van der Waals surface area contributed by atoms with Crippen LogP contribution >= 0.6 is 0 Å². The molecule has 1 aromatic rings. The molecule has 1 saturated heterocycles. The van der Waals surface area contributed by atoms with Gasteiger partial charge in [0.1, 0.15) is 11.5 Å². The fourth-order valence-corrected chi connectivity index (χ4v) is 3.05. The zero-order valence-corrected chi connectivity index (χ0v) is 12.5. The van der Waals surface area contributed by atoms with Crippen molar-refractivity contribution in [3.05, 3.63) is 23.8 Å². The minimum Gasteiger partial charge on any atom is -0.508 e. The minimum atomic E-state index is 0.106. The summed E-state index contributed by atoms with van der Waals surface area (Å²) in [5.74, 6) is 1.14. The summed E-state index contributed by atoms with van der Waals surface area (Å²) in [4.78, 5) is 2.37. The van der Waals surface area contributed by atoms with Crippen molar-refractivity contribution in [2.75, 3.05) is 26.2 Å². The Balaban J connectivity index is 2.07. The van der Waals surface area contributed by atoms with E-state index in [4.69, 9.17) is 0 Å². The topological polar surface area (TPSA) is 55.7 Å². The van der Waals surface area contributed by atoms with Gasteiger partial charge < -0.3 is 15.5 Å². The molecule has 2 rings (SSSR count). The Morgan fingerprint density at radius 3 is 2.85 bits per heavy atom. The Hall–Kier alpha value is -1.26. The number of piperidine rings is 1. The second kappa shape index (κ2) is 6.95. The molecule has 0 bridgehead atoms.